The van der Waals surface area contributed by atoms with Crippen molar-refractivity contribution in [3.63, 3.8) is 0 Å². The van der Waals surface area contributed by atoms with Gasteiger partial charge < -0.3 is 15.6 Å². The van der Waals surface area contributed by atoms with Gasteiger partial charge >= 0.3 is 0 Å². The van der Waals surface area contributed by atoms with Gasteiger partial charge in [-0.15, -0.1) is 0 Å². The molecule has 0 unspecified atom stereocenters. The highest BCUT2D eigenvalue weighted by Gasteiger charge is 2.24. The first-order chi connectivity index (χ1) is 14.6. The maximum Gasteiger partial charge on any atom is 0.261 e. The number of carbonyl (C=O) groups is 1. The topological polar surface area (TPSA) is 85.8 Å². The van der Waals surface area contributed by atoms with Crippen molar-refractivity contribution in [1.82, 2.24) is 14.5 Å². The number of para-hydroxylation sites is 2. The van der Waals surface area contributed by atoms with Crippen LogP contribution in [0.5, 0.6) is 0 Å². The standard InChI is InChI=1S/C23H24FN5O/c1-2-3-4-7-13-29-21(25)19(23(30)26-16-10-8-9-15(24)14-16)20-22(29)28-18-12-6-5-11-17(18)27-20/h5-6,8-12,14H,2-4,7,13,25H2,1H3,(H,26,30). The van der Waals surface area contributed by atoms with Gasteiger partial charge in [0.05, 0.1) is 11.0 Å². The van der Waals surface area contributed by atoms with Crippen molar-refractivity contribution in [3.05, 3.63) is 59.9 Å². The molecule has 30 heavy (non-hydrogen) atoms. The number of fused-ring (bicyclic) bond motifs is 2. The summed E-state index contributed by atoms with van der Waals surface area (Å²) in [5, 5.41) is 2.73. The van der Waals surface area contributed by atoms with Crippen LogP contribution >= 0.6 is 0 Å². The van der Waals surface area contributed by atoms with Gasteiger partial charge in [0.1, 0.15) is 22.7 Å². The first-order valence-corrected chi connectivity index (χ1v) is 10.2. The van der Waals surface area contributed by atoms with Crippen LogP contribution in [-0.2, 0) is 6.54 Å². The molecular weight excluding hydrogens is 381 g/mol. The summed E-state index contributed by atoms with van der Waals surface area (Å²) < 4.78 is 15.4. The van der Waals surface area contributed by atoms with Crippen molar-refractivity contribution in [2.24, 2.45) is 0 Å². The van der Waals surface area contributed by atoms with Crippen LogP contribution in [0.3, 0.4) is 0 Å². The summed E-state index contributed by atoms with van der Waals surface area (Å²) in [7, 11) is 0. The van der Waals surface area contributed by atoms with Crippen molar-refractivity contribution in [3.8, 4) is 0 Å². The fourth-order valence-corrected chi connectivity index (χ4v) is 3.62. The number of nitrogen functional groups attached to an aromatic ring is 1. The second kappa shape index (κ2) is 8.49. The zero-order valence-corrected chi connectivity index (χ0v) is 16.9. The van der Waals surface area contributed by atoms with Crippen LogP contribution < -0.4 is 11.1 Å². The average Bonchev–Trinajstić information content (AvgIpc) is 3.00. The molecule has 0 spiro atoms. The molecule has 3 N–H and O–H groups in total. The number of benzene rings is 2. The van der Waals surface area contributed by atoms with Crippen molar-refractivity contribution in [1.29, 1.82) is 0 Å². The quantitative estimate of drug-likeness (QED) is 0.417. The summed E-state index contributed by atoms with van der Waals surface area (Å²) in [6.07, 6.45) is 4.27. The molecule has 4 rings (SSSR count). The Kier molecular flexibility index (Phi) is 5.61. The lowest BCUT2D eigenvalue weighted by Gasteiger charge is -2.08. The number of anilines is 2. The van der Waals surface area contributed by atoms with Gasteiger partial charge in [0.25, 0.3) is 5.91 Å². The van der Waals surface area contributed by atoms with E-state index in [4.69, 9.17) is 10.7 Å². The van der Waals surface area contributed by atoms with Crippen LogP contribution in [0.2, 0.25) is 0 Å². The Morgan fingerprint density at radius 1 is 1.07 bits per heavy atom. The van der Waals surface area contributed by atoms with E-state index < -0.39 is 11.7 Å². The van der Waals surface area contributed by atoms with Gasteiger partial charge in [0.15, 0.2) is 5.65 Å². The molecule has 2 aromatic carbocycles. The van der Waals surface area contributed by atoms with Gasteiger partial charge in [-0.3, -0.25) is 4.79 Å². The number of halogens is 1. The van der Waals surface area contributed by atoms with Crippen LogP contribution in [0.4, 0.5) is 15.9 Å². The molecule has 2 aromatic heterocycles. The molecule has 0 aliphatic heterocycles. The van der Waals surface area contributed by atoms with Gasteiger partial charge in [-0.1, -0.05) is 44.4 Å². The fourth-order valence-electron chi connectivity index (χ4n) is 3.62. The molecular formula is C23H24FN5O. The molecule has 0 aliphatic rings. The number of hydrogen-bond acceptors (Lipinski definition) is 4. The number of rotatable bonds is 7. The van der Waals surface area contributed by atoms with Gasteiger partial charge in [-0.25, -0.2) is 14.4 Å². The van der Waals surface area contributed by atoms with Crippen molar-refractivity contribution < 1.29 is 9.18 Å². The third-order valence-corrected chi connectivity index (χ3v) is 5.14. The third-order valence-electron chi connectivity index (χ3n) is 5.14. The number of aromatic nitrogens is 3. The molecule has 0 aliphatic carbocycles. The molecule has 0 atom stereocenters. The van der Waals surface area contributed by atoms with E-state index in [0.29, 0.717) is 34.7 Å². The molecule has 0 saturated carbocycles. The first-order valence-electron chi connectivity index (χ1n) is 10.2. The summed E-state index contributed by atoms with van der Waals surface area (Å²) in [4.78, 5) is 22.5. The summed E-state index contributed by atoms with van der Waals surface area (Å²) in [6.45, 7) is 2.81. The van der Waals surface area contributed by atoms with Crippen LogP contribution in [0, 0.1) is 5.82 Å². The van der Waals surface area contributed by atoms with Crippen molar-refractivity contribution in [2.75, 3.05) is 11.1 Å². The van der Waals surface area contributed by atoms with E-state index in [1.807, 2.05) is 28.8 Å². The van der Waals surface area contributed by atoms with Gasteiger partial charge in [0, 0.05) is 12.2 Å². The molecule has 2 heterocycles. The second-order valence-corrected chi connectivity index (χ2v) is 7.32. The number of nitrogens with zero attached hydrogens (tertiary/aromatic N) is 3. The van der Waals surface area contributed by atoms with Gasteiger partial charge in [-0.2, -0.15) is 0 Å². The molecule has 0 radical (unpaired) electrons. The Morgan fingerprint density at radius 2 is 1.83 bits per heavy atom. The number of amides is 1. The number of unbranched alkanes of at least 4 members (excludes halogenated alkanes) is 3. The zero-order valence-electron chi connectivity index (χ0n) is 16.9. The number of nitrogens with one attached hydrogen (secondary N) is 1. The molecule has 1 amide bonds. The average molecular weight is 405 g/mol. The lowest BCUT2D eigenvalue weighted by atomic mass is 10.2. The lowest BCUT2D eigenvalue weighted by Crippen LogP contribution is -2.15. The SMILES string of the molecule is CCCCCCn1c(N)c(C(=O)Nc2cccc(F)c2)c2nc3ccccc3nc21. The minimum absolute atomic E-state index is 0.267. The van der Waals surface area contributed by atoms with E-state index in [2.05, 4.69) is 17.2 Å². The normalized spacial score (nSPS) is 11.3. The monoisotopic (exact) mass is 405 g/mol. The Hall–Kier alpha value is -3.48. The highest BCUT2D eigenvalue weighted by molar-refractivity contribution is 6.16. The number of aryl methyl sites for hydroxylation is 1. The Morgan fingerprint density at radius 3 is 2.57 bits per heavy atom. The van der Waals surface area contributed by atoms with E-state index in [0.717, 1.165) is 31.2 Å². The molecule has 7 heteroatoms. The van der Waals surface area contributed by atoms with Crippen LogP contribution in [0.25, 0.3) is 22.2 Å². The summed E-state index contributed by atoms with van der Waals surface area (Å²) in [5.74, 6) is -0.532. The van der Waals surface area contributed by atoms with Crippen LogP contribution in [0.1, 0.15) is 43.0 Å². The third kappa shape index (κ3) is 3.83. The minimum atomic E-state index is -0.431. The molecule has 0 saturated heterocycles. The summed E-state index contributed by atoms with van der Waals surface area (Å²) in [5.41, 5.74) is 9.53. The number of nitrogens with two attached hydrogens (primary N) is 1. The molecule has 154 valence electrons. The van der Waals surface area contributed by atoms with Crippen LogP contribution in [-0.4, -0.2) is 20.4 Å². The van der Waals surface area contributed by atoms with Gasteiger partial charge in [0.2, 0.25) is 0 Å². The van der Waals surface area contributed by atoms with Gasteiger partial charge in [-0.05, 0) is 36.8 Å². The van der Waals surface area contributed by atoms with E-state index in [1.54, 1.807) is 12.1 Å². The van der Waals surface area contributed by atoms with Crippen LogP contribution in [0.15, 0.2) is 48.5 Å². The Balaban J connectivity index is 1.79. The fraction of sp³-hybridized carbons (Fsp3) is 0.261. The molecule has 4 aromatic rings. The second-order valence-electron chi connectivity index (χ2n) is 7.32. The van der Waals surface area contributed by atoms with E-state index >= 15 is 0 Å². The van der Waals surface area contributed by atoms with Crippen molar-refractivity contribution in [2.45, 2.75) is 39.2 Å². The summed E-state index contributed by atoms with van der Waals surface area (Å²) >= 11 is 0. The van der Waals surface area contributed by atoms with E-state index in [1.165, 1.54) is 12.1 Å². The van der Waals surface area contributed by atoms with E-state index in [9.17, 15) is 9.18 Å². The first kappa shape index (κ1) is 19.8. The zero-order chi connectivity index (χ0) is 21.1. The molecule has 6 nitrogen and oxygen atoms in total. The predicted octanol–water partition coefficient (Wildman–Crippen LogP) is 5.14. The highest BCUT2D eigenvalue weighted by atomic mass is 19.1. The van der Waals surface area contributed by atoms with E-state index in [-0.39, 0.29) is 5.56 Å². The highest BCUT2D eigenvalue weighted by Crippen LogP contribution is 2.29. The summed E-state index contributed by atoms with van der Waals surface area (Å²) in [6, 6.07) is 13.3. The lowest BCUT2D eigenvalue weighted by molar-refractivity contribution is 0.102. The Labute approximate surface area is 173 Å². The maximum absolute atomic E-state index is 13.5. The maximum atomic E-state index is 13.5. The minimum Gasteiger partial charge on any atom is -0.384 e. The molecule has 0 fully saturated rings. The Bertz CT molecular complexity index is 1220. The molecule has 0 bridgehead atoms. The van der Waals surface area contributed by atoms with Crippen molar-refractivity contribution >= 4 is 39.6 Å². The smallest absolute Gasteiger partial charge is 0.261 e. The predicted molar refractivity (Wildman–Crippen MR) is 118 cm³/mol. The number of carbonyl (C=O) groups excluding carboxylic acids is 1. The largest absolute Gasteiger partial charge is 0.384 e. The number of hydrogen-bond donors (Lipinski definition) is 2.